The molecule has 0 aliphatic rings. The molecule has 0 radical (unpaired) electrons. The molecule has 0 saturated carbocycles. The van der Waals surface area contributed by atoms with E-state index in [0.29, 0.717) is 11.3 Å². The number of nitrogens with zero attached hydrogens (tertiary/aromatic N) is 4. The average molecular weight is 205 g/mol. The highest BCUT2D eigenvalue weighted by molar-refractivity contribution is 5.81. The second-order valence-corrected chi connectivity index (χ2v) is 4.21. The molecule has 2 N–H and O–H groups in total. The van der Waals surface area contributed by atoms with Crippen LogP contribution in [0.1, 0.15) is 27.2 Å². The first-order chi connectivity index (χ1) is 7.06. The van der Waals surface area contributed by atoms with E-state index in [-0.39, 0.29) is 5.54 Å². The van der Waals surface area contributed by atoms with E-state index >= 15 is 0 Å². The molecular weight excluding hydrogens is 190 g/mol. The molecule has 2 aromatic heterocycles. The molecular formula is C10H15N5. The first-order valence-electron chi connectivity index (χ1n) is 5.00. The molecule has 0 spiro atoms. The Balaban J connectivity index is 2.69. The number of fused-ring (bicyclic) bond motifs is 1. The Morgan fingerprint density at radius 3 is 2.73 bits per heavy atom. The van der Waals surface area contributed by atoms with E-state index in [4.69, 9.17) is 5.73 Å². The van der Waals surface area contributed by atoms with Gasteiger partial charge < -0.3 is 10.3 Å². The number of anilines is 1. The largest absolute Gasteiger partial charge is 0.382 e. The fraction of sp³-hybridized carbons (Fsp3) is 0.500. The molecule has 5 nitrogen and oxygen atoms in total. The predicted octanol–water partition coefficient (Wildman–Crippen LogP) is 1.55. The summed E-state index contributed by atoms with van der Waals surface area (Å²) in [5, 5.41) is 0. The van der Waals surface area contributed by atoms with Gasteiger partial charge in [-0.15, -0.1) is 0 Å². The van der Waals surface area contributed by atoms with Crippen LogP contribution in [0.5, 0.6) is 0 Å². The van der Waals surface area contributed by atoms with E-state index in [1.165, 1.54) is 6.33 Å². The third-order valence-corrected chi connectivity index (χ3v) is 2.88. The molecule has 0 unspecified atom stereocenters. The van der Waals surface area contributed by atoms with Crippen molar-refractivity contribution >= 4 is 17.0 Å². The van der Waals surface area contributed by atoms with Gasteiger partial charge in [0.2, 0.25) is 0 Å². The molecule has 0 amide bonds. The molecule has 2 aromatic rings. The highest BCUT2D eigenvalue weighted by Gasteiger charge is 2.21. The maximum atomic E-state index is 5.73. The first kappa shape index (κ1) is 9.89. The van der Waals surface area contributed by atoms with E-state index in [9.17, 15) is 0 Å². The van der Waals surface area contributed by atoms with Crippen LogP contribution in [-0.2, 0) is 5.54 Å². The zero-order valence-corrected chi connectivity index (χ0v) is 9.23. The number of hydrogen-bond acceptors (Lipinski definition) is 4. The molecule has 80 valence electrons. The van der Waals surface area contributed by atoms with E-state index in [1.54, 1.807) is 6.33 Å². The Bertz CT molecular complexity index is 486. The lowest BCUT2D eigenvalue weighted by atomic mass is 10.0. The Hall–Kier alpha value is -1.65. The van der Waals surface area contributed by atoms with Gasteiger partial charge in [-0.2, -0.15) is 0 Å². The van der Waals surface area contributed by atoms with Crippen molar-refractivity contribution in [3.63, 3.8) is 0 Å². The van der Waals surface area contributed by atoms with E-state index in [1.807, 2.05) is 4.57 Å². The monoisotopic (exact) mass is 205 g/mol. The number of hydrogen-bond donors (Lipinski definition) is 1. The molecule has 0 saturated heterocycles. The zero-order chi connectivity index (χ0) is 11.1. The summed E-state index contributed by atoms with van der Waals surface area (Å²) in [5.74, 6) is 0.436. The van der Waals surface area contributed by atoms with Crippen molar-refractivity contribution in [3.05, 3.63) is 12.7 Å². The molecule has 2 heterocycles. The van der Waals surface area contributed by atoms with Crippen molar-refractivity contribution in [1.29, 1.82) is 0 Å². The fourth-order valence-electron chi connectivity index (χ4n) is 1.47. The van der Waals surface area contributed by atoms with Crippen molar-refractivity contribution in [2.24, 2.45) is 0 Å². The molecule has 5 heteroatoms. The van der Waals surface area contributed by atoms with Gasteiger partial charge in [0.1, 0.15) is 11.8 Å². The average Bonchev–Trinajstić information content (AvgIpc) is 2.63. The maximum Gasteiger partial charge on any atom is 0.165 e. The van der Waals surface area contributed by atoms with Crippen LogP contribution in [-0.4, -0.2) is 19.5 Å². The van der Waals surface area contributed by atoms with Gasteiger partial charge in [0.25, 0.3) is 0 Å². The molecule has 0 fully saturated rings. The van der Waals surface area contributed by atoms with Gasteiger partial charge in [0.15, 0.2) is 11.5 Å². The first-order valence-corrected chi connectivity index (χ1v) is 5.00. The number of rotatable bonds is 2. The number of nitrogens with two attached hydrogens (primary N) is 1. The fourth-order valence-corrected chi connectivity index (χ4v) is 1.47. The Morgan fingerprint density at radius 1 is 1.33 bits per heavy atom. The third-order valence-electron chi connectivity index (χ3n) is 2.88. The minimum atomic E-state index is -0.00442. The van der Waals surface area contributed by atoms with Gasteiger partial charge in [-0.1, -0.05) is 6.92 Å². The van der Waals surface area contributed by atoms with Crippen molar-refractivity contribution in [2.45, 2.75) is 32.7 Å². The van der Waals surface area contributed by atoms with E-state index in [2.05, 4.69) is 35.7 Å². The summed E-state index contributed by atoms with van der Waals surface area (Å²) in [6.45, 7) is 6.43. The number of aromatic nitrogens is 4. The van der Waals surface area contributed by atoms with Crippen LogP contribution in [0.2, 0.25) is 0 Å². The minimum Gasteiger partial charge on any atom is -0.382 e. The van der Waals surface area contributed by atoms with E-state index in [0.717, 1.165) is 12.1 Å². The molecule has 0 aromatic carbocycles. The lowest BCUT2D eigenvalue weighted by molar-refractivity contribution is 0.350. The van der Waals surface area contributed by atoms with Gasteiger partial charge in [0, 0.05) is 5.54 Å². The lowest BCUT2D eigenvalue weighted by Gasteiger charge is -2.24. The Labute approximate surface area is 88.4 Å². The minimum absolute atomic E-state index is 0.00442. The predicted molar refractivity (Wildman–Crippen MR) is 59.3 cm³/mol. The van der Waals surface area contributed by atoms with Crippen LogP contribution < -0.4 is 5.73 Å². The standard InChI is InChI=1S/C10H15N5/c1-4-10(2,3)15-6-14-7-8(11)12-5-13-9(7)15/h5-6H,4H2,1-3H3,(H2,11,12,13). The molecule has 0 aliphatic carbocycles. The number of imidazole rings is 1. The quantitative estimate of drug-likeness (QED) is 0.807. The summed E-state index contributed by atoms with van der Waals surface area (Å²) in [6.07, 6.45) is 4.25. The summed E-state index contributed by atoms with van der Waals surface area (Å²) in [7, 11) is 0. The summed E-state index contributed by atoms with van der Waals surface area (Å²) in [4.78, 5) is 12.4. The molecule has 2 rings (SSSR count). The Morgan fingerprint density at radius 2 is 2.07 bits per heavy atom. The third kappa shape index (κ3) is 1.44. The molecule has 15 heavy (non-hydrogen) atoms. The van der Waals surface area contributed by atoms with Crippen LogP contribution in [0.3, 0.4) is 0 Å². The van der Waals surface area contributed by atoms with Crippen LogP contribution >= 0.6 is 0 Å². The van der Waals surface area contributed by atoms with E-state index < -0.39 is 0 Å². The van der Waals surface area contributed by atoms with Crippen LogP contribution in [0.15, 0.2) is 12.7 Å². The summed E-state index contributed by atoms with van der Waals surface area (Å²) < 4.78 is 2.04. The van der Waals surface area contributed by atoms with Crippen molar-refractivity contribution in [1.82, 2.24) is 19.5 Å². The van der Waals surface area contributed by atoms with Gasteiger partial charge in [-0.25, -0.2) is 15.0 Å². The maximum absolute atomic E-state index is 5.73. The zero-order valence-electron chi connectivity index (χ0n) is 9.23. The van der Waals surface area contributed by atoms with Crippen LogP contribution in [0.25, 0.3) is 11.2 Å². The summed E-state index contributed by atoms with van der Waals surface area (Å²) in [6, 6.07) is 0. The molecule has 0 bridgehead atoms. The molecule has 0 atom stereocenters. The van der Waals surface area contributed by atoms with Crippen LogP contribution in [0.4, 0.5) is 5.82 Å². The van der Waals surface area contributed by atoms with Gasteiger partial charge in [-0.3, -0.25) is 0 Å². The Kier molecular flexibility index (Phi) is 2.10. The smallest absolute Gasteiger partial charge is 0.165 e. The second kappa shape index (κ2) is 3.18. The lowest BCUT2D eigenvalue weighted by Crippen LogP contribution is -2.24. The SMILES string of the molecule is CCC(C)(C)n1cnc2c(N)ncnc21. The normalized spacial score (nSPS) is 12.2. The van der Waals surface area contributed by atoms with Gasteiger partial charge in [0.05, 0.1) is 6.33 Å². The summed E-state index contributed by atoms with van der Waals surface area (Å²) >= 11 is 0. The number of nitrogen functional groups attached to an aromatic ring is 1. The highest BCUT2D eigenvalue weighted by Crippen LogP contribution is 2.24. The van der Waals surface area contributed by atoms with Gasteiger partial charge in [-0.05, 0) is 20.3 Å². The van der Waals surface area contributed by atoms with Gasteiger partial charge >= 0.3 is 0 Å². The molecule has 0 aliphatic heterocycles. The van der Waals surface area contributed by atoms with Crippen LogP contribution in [0, 0.1) is 0 Å². The highest BCUT2D eigenvalue weighted by atomic mass is 15.2. The summed E-state index contributed by atoms with van der Waals surface area (Å²) in [5.41, 5.74) is 7.20. The van der Waals surface area contributed by atoms with Crippen molar-refractivity contribution in [2.75, 3.05) is 5.73 Å². The van der Waals surface area contributed by atoms with Crippen molar-refractivity contribution in [3.8, 4) is 0 Å². The topological polar surface area (TPSA) is 69.6 Å². The second-order valence-electron chi connectivity index (χ2n) is 4.21. The van der Waals surface area contributed by atoms with Crippen molar-refractivity contribution < 1.29 is 0 Å².